The minimum atomic E-state index is 0.00960. The normalized spacial score (nSPS) is 11.4. The Labute approximate surface area is 130 Å². The van der Waals surface area contributed by atoms with Gasteiger partial charge in [-0.1, -0.05) is 23.9 Å². The molecule has 0 aliphatic carbocycles. The summed E-state index contributed by atoms with van der Waals surface area (Å²) in [7, 11) is 0. The van der Waals surface area contributed by atoms with E-state index in [9.17, 15) is 4.79 Å². The van der Waals surface area contributed by atoms with Crippen LogP contribution in [0.2, 0.25) is 0 Å². The highest BCUT2D eigenvalue weighted by Crippen LogP contribution is 2.24. The second kappa shape index (κ2) is 5.95. The Morgan fingerprint density at radius 3 is 2.86 bits per heavy atom. The molecule has 0 saturated heterocycles. The number of rotatable bonds is 4. The Hall–Kier alpha value is -1.73. The number of fused-ring (bicyclic) bond motifs is 1. The lowest BCUT2D eigenvalue weighted by molar-refractivity contribution is 0.519. The second-order valence-corrected chi connectivity index (χ2v) is 6.66. The van der Waals surface area contributed by atoms with Gasteiger partial charge >= 0.3 is 0 Å². The van der Waals surface area contributed by atoms with Crippen LogP contribution in [0.3, 0.4) is 0 Å². The Morgan fingerprint density at radius 1 is 1.33 bits per heavy atom. The molecule has 0 spiro atoms. The molecule has 0 aliphatic rings. The molecule has 7 heteroatoms. The van der Waals surface area contributed by atoms with Crippen molar-refractivity contribution in [2.24, 2.45) is 0 Å². The molecule has 0 fully saturated rings. The Morgan fingerprint density at radius 2 is 2.14 bits per heavy atom. The van der Waals surface area contributed by atoms with E-state index < -0.39 is 0 Å². The molecule has 3 rings (SSSR count). The number of thioether (sulfide) groups is 1. The predicted octanol–water partition coefficient (Wildman–Crippen LogP) is 3.12. The Kier molecular flexibility index (Phi) is 4.03. The molecule has 0 atom stereocenters. The molecule has 2 aromatic heterocycles. The number of nitrogens with zero attached hydrogens (tertiary/aromatic N) is 4. The van der Waals surface area contributed by atoms with Crippen LogP contribution in [-0.4, -0.2) is 19.7 Å². The van der Waals surface area contributed by atoms with E-state index in [-0.39, 0.29) is 11.6 Å². The number of aromatic nitrogens is 4. The Balaban J connectivity index is 2.07. The summed E-state index contributed by atoms with van der Waals surface area (Å²) in [6, 6.07) is 7.52. The van der Waals surface area contributed by atoms with E-state index in [1.165, 1.54) is 23.1 Å². The molecule has 0 unspecified atom stereocenters. The lowest BCUT2D eigenvalue weighted by atomic mass is 10.2. The lowest BCUT2D eigenvalue weighted by Crippen LogP contribution is -2.25. The average molecular weight is 318 g/mol. The summed E-state index contributed by atoms with van der Waals surface area (Å²) < 4.78 is 1.74. The van der Waals surface area contributed by atoms with Crippen LogP contribution in [0.15, 0.2) is 39.7 Å². The van der Waals surface area contributed by atoms with Crippen LogP contribution in [-0.2, 0) is 5.75 Å². The highest BCUT2D eigenvalue weighted by Gasteiger charge is 2.14. The minimum absolute atomic E-state index is 0.00960. The summed E-state index contributed by atoms with van der Waals surface area (Å²) in [6.45, 7) is 3.99. The van der Waals surface area contributed by atoms with Crippen molar-refractivity contribution < 1.29 is 0 Å². The van der Waals surface area contributed by atoms with E-state index in [0.717, 1.165) is 15.7 Å². The summed E-state index contributed by atoms with van der Waals surface area (Å²) in [5, 5.41) is 10.2. The molecule has 5 nitrogen and oxygen atoms in total. The van der Waals surface area contributed by atoms with Crippen LogP contribution >= 0.6 is 23.1 Å². The zero-order chi connectivity index (χ0) is 14.8. The predicted molar refractivity (Wildman–Crippen MR) is 85.9 cm³/mol. The van der Waals surface area contributed by atoms with Gasteiger partial charge in [0.2, 0.25) is 0 Å². The molecule has 3 aromatic rings. The van der Waals surface area contributed by atoms with Crippen LogP contribution in [0.1, 0.15) is 24.9 Å². The van der Waals surface area contributed by atoms with Gasteiger partial charge in [-0.25, -0.2) is 4.98 Å². The van der Waals surface area contributed by atoms with Crippen LogP contribution in [0.4, 0.5) is 0 Å². The fraction of sp³-hybridized carbons (Fsp3) is 0.286. The van der Waals surface area contributed by atoms with Crippen LogP contribution in [0.5, 0.6) is 0 Å². The number of hydrogen-bond acceptors (Lipinski definition) is 6. The van der Waals surface area contributed by atoms with Crippen molar-refractivity contribution in [3.63, 3.8) is 0 Å². The largest absolute Gasteiger partial charge is 0.285 e. The molecule has 0 radical (unpaired) electrons. The van der Waals surface area contributed by atoms with Crippen molar-refractivity contribution in [2.75, 3.05) is 0 Å². The third-order valence-electron chi connectivity index (χ3n) is 3.02. The monoisotopic (exact) mass is 318 g/mol. The van der Waals surface area contributed by atoms with Gasteiger partial charge in [0.15, 0.2) is 5.16 Å². The standard InChI is InChI=1S/C14H14N4OS2/c1-9(2)18-13(19)10-5-3-4-6-11(10)16-14(18)20-7-12-17-15-8-21-12/h3-6,8-9H,7H2,1-2H3. The van der Waals surface area contributed by atoms with E-state index in [4.69, 9.17) is 0 Å². The van der Waals surface area contributed by atoms with E-state index in [2.05, 4.69) is 15.2 Å². The summed E-state index contributed by atoms with van der Waals surface area (Å²) in [4.78, 5) is 17.3. The summed E-state index contributed by atoms with van der Waals surface area (Å²) in [5.74, 6) is 0.669. The first kappa shape index (κ1) is 14.2. The molecule has 21 heavy (non-hydrogen) atoms. The number of hydrogen-bond donors (Lipinski definition) is 0. The van der Waals surface area contributed by atoms with Gasteiger partial charge in [-0.3, -0.25) is 9.36 Å². The average Bonchev–Trinajstić information content (AvgIpc) is 2.98. The maximum Gasteiger partial charge on any atom is 0.262 e. The quantitative estimate of drug-likeness (QED) is 0.546. The molecule has 0 saturated carbocycles. The third kappa shape index (κ3) is 2.84. The molecular weight excluding hydrogens is 304 g/mol. The van der Waals surface area contributed by atoms with Gasteiger partial charge in [0.05, 0.1) is 16.7 Å². The second-order valence-electron chi connectivity index (χ2n) is 4.80. The number of benzene rings is 1. The first-order chi connectivity index (χ1) is 10.2. The first-order valence-corrected chi connectivity index (χ1v) is 8.42. The van der Waals surface area contributed by atoms with Gasteiger partial charge in [-0.2, -0.15) is 0 Å². The summed E-state index contributed by atoms with van der Waals surface area (Å²) in [5.41, 5.74) is 2.45. The third-order valence-corrected chi connectivity index (χ3v) is 4.87. The topological polar surface area (TPSA) is 60.7 Å². The van der Waals surface area contributed by atoms with Gasteiger partial charge in [0.1, 0.15) is 10.5 Å². The molecule has 2 heterocycles. The van der Waals surface area contributed by atoms with E-state index in [0.29, 0.717) is 11.1 Å². The van der Waals surface area contributed by atoms with Crippen molar-refractivity contribution in [1.29, 1.82) is 0 Å². The molecule has 0 N–H and O–H groups in total. The van der Waals surface area contributed by atoms with Crippen LogP contribution in [0, 0.1) is 0 Å². The Bertz CT molecular complexity index is 811. The van der Waals surface area contributed by atoms with Crippen LogP contribution < -0.4 is 5.56 Å². The highest BCUT2D eigenvalue weighted by atomic mass is 32.2. The maximum absolute atomic E-state index is 12.6. The summed E-state index contributed by atoms with van der Waals surface area (Å²) in [6.07, 6.45) is 0. The van der Waals surface area contributed by atoms with Gasteiger partial charge in [-0.15, -0.1) is 21.5 Å². The van der Waals surface area contributed by atoms with Crippen molar-refractivity contribution in [2.45, 2.75) is 30.8 Å². The molecule has 0 aliphatic heterocycles. The molecule has 0 bridgehead atoms. The van der Waals surface area contributed by atoms with Gasteiger partial charge < -0.3 is 0 Å². The highest BCUT2D eigenvalue weighted by molar-refractivity contribution is 7.98. The van der Waals surface area contributed by atoms with Crippen molar-refractivity contribution in [3.8, 4) is 0 Å². The smallest absolute Gasteiger partial charge is 0.262 e. The van der Waals surface area contributed by atoms with E-state index in [1.807, 2.05) is 38.1 Å². The van der Waals surface area contributed by atoms with Gasteiger partial charge in [-0.05, 0) is 26.0 Å². The fourth-order valence-electron chi connectivity index (χ4n) is 2.07. The van der Waals surface area contributed by atoms with Crippen molar-refractivity contribution in [1.82, 2.24) is 19.7 Å². The van der Waals surface area contributed by atoms with E-state index >= 15 is 0 Å². The van der Waals surface area contributed by atoms with Gasteiger partial charge in [0, 0.05) is 6.04 Å². The van der Waals surface area contributed by atoms with E-state index in [1.54, 1.807) is 10.1 Å². The summed E-state index contributed by atoms with van der Waals surface area (Å²) >= 11 is 3.03. The lowest BCUT2D eigenvalue weighted by Gasteiger charge is -2.15. The van der Waals surface area contributed by atoms with Crippen LogP contribution in [0.25, 0.3) is 10.9 Å². The maximum atomic E-state index is 12.6. The molecule has 1 aromatic carbocycles. The van der Waals surface area contributed by atoms with Gasteiger partial charge in [0.25, 0.3) is 5.56 Å². The van der Waals surface area contributed by atoms with Crippen molar-refractivity contribution in [3.05, 3.63) is 45.1 Å². The fourth-order valence-corrected chi connectivity index (χ4v) is 3.73. The zero-order valence-electron chi connectivity index (χ0n) is 11.7. The zero-order valence-corrected chi connectivity index (χ0v) is 13.3. The molecule has 108 valence electrons. The van der Waals surface area contributed by atoms with Crippen molar-refractivity contribution >= 4 is 34.0 Å². The molecular formula is C14H14N4OS2. The molecule has 0 amide bonds. The SMILES string of the molecule is CC(C)n1c(SCc2nncs2)nc2ccccc2c1=O. The minimum Gasteiger partial charge on any atom is -0.285 e. The first-order valence-electron chi connectivity index (χ1n) is 6.56. The number of para-hydroxylation sites is 1.